The number of hydrogen-bond acceptors (Lipinski definition) is 7. The van der Waals surface area contributed by atoms with E-state index in [0.717, 1.165) is 40.5 Å². The van der Waals surface area contributed by atoms with Gasteiger partial charge in [0.2, 0.25) is 0 Å². The second-order valence-electron chi connectivity index (χ2n) is 11.2. The summed E-state index contributed by atoms with van der Waals surface area (Å²) in [7, 11) is -4.37. The number of thiophene rings is 1. The van der Waals surface area contributed by atoms with Gasteiger partial charge < -0.3 is 14.2 Å². The molecule has 1 aromatic carbocycles. The molecule has 2 aromatic rings. The van der Waals surface area contributed by atoms with Gasteiger partial charge in [-0.05, 0) is 49.9 Å². The van der Waals surface area contributed by atoms with E-state index in [1.807, 2.05) is 6.92 Å². The quantitative estimate of drug-likeness (QED) is 0.0739. The molecule has 41 heavy (non-hydrogen) atoms. The lowest BCUT2D eigenvalue weighted by atomic mass is 10.0. The fourth-order valence-electron chi connectivity index (χ4n) is 5.28. The van der Waals surface area contributed by atoms with Gasteiger partial charge in [0, 0.05) is 4.88 Å². The fraction of sp³-hybridized carbons (Fsp3) is 0.656. The topological polar surface area (TPSA) is 99.1 Å². The molecule has 2 heterocycles. The molecule has 0 aliphatic carbocycles. The van der Waals surface area contributed by atoms with Crippen molar-refractivity contribution in [2.75, 3.05) is 13.2 Å². The number of unbranched alkanes of at least 4 members (excludes halogenated alkanes) is 12. The van der Waals surface area contributed by atoms with E-state index in [1.54, 1.807) is 24.3 Å². The molecule has 7 nitrogen and oxygen atoms in total. The van der Waals surface area contributed by atoms with E-state index in [0.29, 0.717) is 31.6 Å². The van der Waals surface area contributed by atoms with Crippen molar-refractivity contribution in [1.29, 1.82) is 0 Å². The van der Waals surface area contributed by atoms with E-state index in [1.165, 1.54) is 76.3 Å². The summed E-state index contributed by atoms with van der Waals surface area (Å²) in [4.78, 5) is 14.8. The van der Waals surface area contributed by atoms with Crippen molar-refractivity contribution < 1.29 is 32.0 Å². The van der Waals surface area contributed by atoms with Crippen LogP contribution in [0.1, 0.15) is 113 Å². The van der Waals surface area contributed by atoms with Crippen LogP contribution in [-0.4, -0.2) is 32.2 Å². The molecular formula is C32H48O7S2. The maximum atomic E-state index is 12.9. The molecule has 0 bridgehead atoms. The van der Waals surface area contributed by atoms with Crippen molar-refractivity contribution in [3.8, 4) is 17.2 Å². The number of rotatable bonds is 19. The van der Waals surface area contributed by atoms with Gasteiger partial charge in [0.15, 0.2) is 11.5 Å². The standard InChI is InChI=1S/C32H48O7S2/c1-4-5-6-7-8-9-10-11-12-13-14-15-16-17-26-23-27(18-19-29(26)41(34,35)36)39-32(33)24(2)22-28-31-30(25(3)40-28)37-20-21-38-31/h18-19,23-24H,4-17,20-22H2,1-3H3,(H,34,35,36). The van der Waals surface area contributed by atoms with E-state index < -0.39 is 22.0 Å². The molecule has 0 radical (unpaired) electrons. The van der Waals surface area contributed by atoms with Crippen molar-refractivity contribution in [2.24, 2.45) is 5.92 Å². The minimum Gasteiger partial charge on any atom is -0.485 e. The molecule has 1 aliphatic rings. The monoisotopic (exact) mass is 608 g/mol. The normalized spacial score (nSPS) is 13.8. The van der Waals surface area contributed by atoms with Gasteiger partial charge >= 0.3 is 5.97 Å². The van der Waals surface area contributed by atoms with Crippen LogP contribution >= 0.6 is 11.3 Å². The predicted molar refractivity (Wildman–Crippen MR) is 164 cm³/mol. The van der Waals surface area contributed by atoms with E-state index in [2.05, 4.69) is 6.92 Å². The number of esters is 1. The summed E-state index contributed by atoms with van der Waals surface area (Å²) in [5.41, 5.74) is 0.474. The molecule has 1 unspecified atom stereocenters. The Morgan fingerprint density at radius 2 is 1.49 bits per heavy atom. The van der Waals surface area contributed by atoms with Gasteiger partial charge in [-0.25, -0.2) is 0 Å². The third-order valence-electron chi connectivity index (χ3n) is 7.60. The van der Waals surface area contributed by atoms with Crippen LogP contribution < -0.4 is 14.2 Å². The third-order valence-corrected chi connectivity index (χ3v) is 9.65. The van der Waals surface area contributed by atoms with Crippen molar-refractivity contribution in [2.45, 2.75) is 122 Å². The highest BCUT2D eigenvalue weighted by Gasteiger charge is 2.26. The smallest absolute Gasteiger partial charge is 0.314 e. The molecule has 0 saturated heterocycles. The van der Waals surface area contributed by atoms with Gasteiger partial charge in [0.05, 0.1) is 15.7 Å². The van der Waals surface area contributed by atoms with Crippen LogP contribution in [0.4, 0.5) is 0 Å². The van der Waals surface area contributed by atoms with Crippen molar-refractivity contribution in [3.05, 3.63) is 33.5 Å². The number of hydrogen-bond donors (Lipinski definition) is 1. The van der Waals surface area contributed by atoms with Crippen LogP contribution in [0.15, 0.2) is 23.1 Å². The number of aryl methyl sites for hydroxylation is 2. The first-order valence-corrected chi connectivity index (χ1v) is 17.7. The minimum atomic E-state index is -4.37. The lowest BCUT2D eigenvalue weighted by Crippen LogP contribution is -2.21. The number of ether oxygens (including phenoxy) is 3. The molecule has 0 spiro atoms. The van der Waals surface area contributed by atoms with Crippen molar-refractivity contribution in [3.63, 3.8) is 0 Å². The van der Waals surface area contributed by atoms with E-state index in [4.69, 9.17) is 14.2 Å². The SMILES string of the molecule is CCCCCCCCCCCCCCCc1cc(OC(=O)C(C)Cc2sc(C)c3c2OCCO3)ccc1S(=O)(=O)O. The number of fused-ring (bicyclic) bond motifs is 1. The summed E-state index contributed by atoms with van der Waals surface area (Å²) in [6, 6.07) is 4.32. The summed E-state index contributed by atoms with van der Waals surface area (Å²) in [5.74, 6) is 0.913. The largest absolute Gasteiger partial charge is 0.485 e. The molecule has 1 aliphatic heterocycles. The van der Waals surface area contributed by atoms with Crippen LogP contribution in [0.2, 0.25) is 0 Å². The van der Waals surface area contributed by atoms with Gasteiger partial charge in [-0.2, -0.15) is 8.42 Å². The second-order valence-corrected chi connectivity index (χ2v) is 13.9. The molecule has 1 N–H and O–H groups in total. The van der Waals surface area contributed by atoms with E-state index in [9.17, 15) is 17.8 Å². The summed E-state index contributed by atoms with van der Waals surface area (Å²) >= 11 is 1.56. The second kappa shape index (κ2) is 17.1. The summed E-state index contributed by atoms with van der Waals surface area (Å²) in [5, 5.41) is 0. The number of carbonyl (C=O) groups excluding carboxylic acids is 1. The molecule has 1 aromatic heterocycles. The van der Waals surface area contributed by atoms with Crippen LogP contribution in [0, 0.1) is 12.8 Å². The lowest BCUT2D eigenvalue weighted by Gasteiger charge is -2.18. The first-order valence-electron chi connectivity index (χ1n) is 15.4. The van der Waals surface area contributed by atoms with E-state index >= 15 is 0 Å². The molecule has 230 valence electrons. The van der Waals surface area contributed by atoms with Gasteiger partial charge in [-0.3, -0.25) is 9.35 Å². The Bertz CT molecular complexity index is 1200. The average molecular weight is 609 g/mol. The average Bonchev–Trinajstić information content (AvgIpc) is 3.25. The van der Waals surface area contributed by atoms with Gasteiger partial charge in [-0.1, -0.05) is 90.9 Å². The van der Waals surface area contributed by atoms with Gasteiger partial charge in [-0.15, -0.1) is 11.3 Å². The van der Waals surface area contributed by atoms with Gasteiger partial charge in [0.25, 0.3) is 10.1 Å². The molecule has 0 saturated carbocycles. The molecule has 3 rings (SSSR count). The molecule has 1 atom stereocenters. The van der Waals surface area contributed by atoms with Crippen LogP contribution in [0.25, 0.3) is 0 Å². The first kappa shape index (κ1) is 33.4. The zero-order valence-electron chi connectivity index (χ0n) is 25.0. The van der Waals surface area contributed by atoms with Crippen molar-refractivity contribution in [1.82, 2.24) is 0 Å². The third kappa shape index (κ3) is 10.9. The predicted octanol–water partition coefficient (Wildman–Crippen LogP) is 8.49. The zero-order chi connectivity index (χ0) is 29.7. The van der Waals surface area contributed by atoms with E-state index in [-0.39, 0.29) is 10.6 Å². The molecule has 0 fully saturated rings. The first-order chi connectivity index (χ1) is 19.7. The van der Waals surface area contributed by atoms with Crippen molar-refractivity contribution >= 4 is 27.4 Å². The molecule has 0 amide bonds. The Morgan fingerprint density at radius 3 is 2.07 bits per heavy atom. The maximum absolute atomic E-state index is 12.9. The summed E-state index contributed by atoms with van der Waals surface area (Å²) < 4.78 is 50.8. The highest BCUT2D eigenvalue weighted by atomic mass is 32.2. The molecule has 9 heteroatoms. The molecular weight excluding hydrogens is 560 g/mol. The highest BCUT2D eigenvalue weighted by Crippen LogP contribution is 2.44. The Balaban J connectivity index is 1.45. The number of benzene rings is 1. The Hall–Kier alpha value is -2.10. The Kier molecular flexibility index (Phi) is 13.9. The maximum Gasteiger partial charge on any atom is 0.314 e. The Morgan fingerprint density at radius 1 is 0.927 bits per heavy atom. The minimum absolute atomic E-state index is 0.123. The summed E-state index contributed by atoms with van der Waals surface area (Å²) in [6.07, 6.45) is 16.9. The lowest BCUT2D eigenvalue weighted by molar-refractivity contribution is -0.138. The van der Waals surface area contributed by atoms with Crippen LogP contribution in [-0.2, 0) is 27.8 Å². The Labute approximate surface area is 250 Å². The van der Waals surface area contributed by atoms with Gasteiger partial charge in [0.1, 0.15) is 19.0 Å². The van der Waals surface area contributed by atoms with Crippen LogP contribution in [0.3, 0.4) is 0 Å². The fourth-order valence-corrected chi connectivity index (χ4v) is 7.20. The zero-order valence-corrected chi connectivity index (χ0v) is 26.7. The van der Waals surface area contributed by atoms with Crippen LogP contribution in [0.5, 0.6) is 17.2 Å². The highest BCUT2D eigenvalue weighted by molar-refractivity contribution is 7.85. The number of carbonyl (C=O) groups is 1. The summed E-state index contributed by atoms with van der Waals surface area (Å²) in [6.45, 7) is 7.02.